The van der Waals surface area contributed by atoms with Crippen LogP contribution in [0.5, 0.6) is 5.75 Å². The third kappa shape index (κ3) is 4.40. The summed E-state index contributed by atoms with van der Waals surface area (Å²) in [6, 6.07) is 9.48. The molecule has 3 amide bonds. The second-order valence-electron chi connectivity index (χ2n) is 9.13. The van der Waals surface area contributed by atoms with Gasteiger partial charge in [-0.2, -0.15) is 0 Å². The van der Waals surface area contributed by atoms with Crippen LogP contribution in [0.15, 0.2) is 41.2 Å². The zero-order valence-electron chi connectivity index (χ0n) is 20.5. The number of carbonyl (C=O) groups excluding carboxylic acids is 2. The molecule has 0 aliphatic carbocycles. The van der Waals surface area contributed by atoms with E-state index < -0.39 is 23.9 Å². The first-order chi connectivity index (χ1) is 17.0. The lowest BCUT2D eigenvalue weighted by atomic mass is 9.86. The molecule has 0 spiro atoms. The Labute approximate surface area is 205 Å². The van der Waals surface area contributed by atoms with E-state index in [4.69, 9.17) is 4.74 Å². The van der Waals surface area contributed by atoms with E-state index in [2.05, 4.69) is 10.6 Å². The predicted octanol–water partition coefficient (Wildman–Crippen LogP) is 2.13. The Morgan fingerprint density at radius 1 is 1.11 bits per heavy atom. The van der Waals surface area contributed by atoms with Gasteiger partial charge in [0.25, 0.3) is 5.56 Å². The minimum atomic E-state index is -0.653. The quantitative estimate of drug-likeness (QED) is 0.534. The van der Waals surface area contributed by atoms with Crippen molar-refractivity contribution in [3.63, 3.8) is 0 Å². The molecular weight excluding hydrogens is 448 g/mol. The SMILES string of the molecule is CCCNC(=O)[C@@H]1[C@@H](CO)[C@@H]2Cn3c(ccc(-c4cccc(OC)c4)c3=O)[C@H]1N2C(=O)NCCC. The summed E-state index contributed by atoms with van der Waals surface area (Å²) < 4.78 is 6.98. The Bertz CT molecular complexity index is 1150. The number of nitrogens with zero attached hydrogens (tertiary/aromatic N) is 2. The highest BCUT2D eigenvalue weighted by Gasteiger charge is 2.57. The number of pyridine rings is 1. The number of benzene rings is 1. The molecule has 9 heteroatoms. The molecule has 35 heavy (non-hydrogen) atoms. The third-order valence-corrected chi connectivity index (χ3v) is 7.04. The summed E-state index contributed by atoms with van der Waals surface area (Å²) in [6.45, 7) is 4.91. The van der Waals surface area contributed by atoms with Crippen molar-refractivity contribution in [3.8, 4) is 16.9 Å². The van der Waals surface area contributed by atoms with Crippen LogP contribution in [0.4, 0.5) is 4.79 Å². The Hall–Kier alpha value is -3.33. The lowest BCUT2D eigenvalue weighted by molar-refractivity contribution is -0.127. The average molecular weight is 483 g/mol. The van der Waals surface area contributed by atoms with Gasteiger partial charge >= 0.3 is 6.03 Å². The second-order valence-corrected chi connectivity index (χ2v) is 9.13. The minimum absolute atomic E-state index is 0.189. The van der Waals surface area contributed by atoms with Gasteiger partial charge in [-0.15, -0.1) is 0 Å². The summed E-state index contributed by atoms with van der Waals surface area (Å²) in [4.78, 5) is 41.8. The Balaban J connectivity index is 1.82. The molecular formula is C26H34N4O5. The van der Waals surface area contributed by atoms with Crippen LogP contribution < -0.4 is 20.9 Å². The number of nitrogens with one attached hydrogen (secondary N) is 2. The maximum Gasteiger partial charge on any atom is 0.318 e. The Morgan fingerprint density at radius 3 is 2.54 bits per heavy atom. The number of carbonyl (C=O) groups is 2. The Morgan fingerprint density at radius 2 is 1.86 bits per heavy atom. The molecule has 3 heterocycles. The first-order valence-electron chi connectivity index (χ1n) is 12.3. The number of amides is 3. The van der Waals surface area contributed by atoms with E-state index in [1.165, 1.54) is 0 Å². The number of hydrogen-bond donors (Lipinski definition) is 3. The van der Waals surface area contributed by atoms with Crippen molar-refractivity contribution in [1.82, 2.24) is 20.1 Å². The summed E-state index contributed by atoms with van der Waals surface area (Å²) >= 11 is 0. The summed E-state index contributed by atoms with van der Waals surface area (Å²) in [5, 5.41) is 16.2. The molecule has 0 unspecified atom stereocenters. The maximum absolute atomic E-state index is 13.7. The summed E-state index contributed by atoms with van der Waals surface area (Å²) in [5.74, 6) is -0.690. The topological polar surface area (TPSA) is 113 Å². The maximum atomic E-state index is 13.7. The van der Waals surface area contributed by atoms with E-state index in [-0.39, 0.29) is 30.6 Å². The zero-order valence-corrected chi connectivity index (χ0v) is 20.5. The van der Waals surface area contributed by atoms with Crippen LogP contribution in [0.25, 0.3) is 11.1 Å². The van der Waals surface area contributed by atoms with Gasteiger partial charge in [0.2, 0.25) is 5.91 Å². The smallest absolute Gasteiger partial charge is 0.318 e. The highest BCUT2D eigenvalue weighted by atomic mass is 16.5. The normalized spacial score (nSPS) is 22.5. The minimum Gasteiger partial charge on any atom is -0.497 e. The first-order valence-corrected chi connectivity index (χ1v) is 12.3. The van der Waals surface area contributed by atoms with Gasteiger partial charge < -0.3 is 29.9 Å². The van der Waals surface area contributed by atoms with Crippen molar-refractivity contribution in [2.24, 2.45) is 11.8 Å². The van der Waals surface area contributed by atoms with E-state index >= 15 is 0 Å². The van der Waals surface area contributed by atoms with E-state index in [1.807, 2.05) is 44.2 Å². The molecule has 2 bridgehead atoms. The van der Waals surface area contributed by atoms with E-state index in [1.54, 1.807) is 22.6 Å². The van der Waals surface area contributed by atoms with Crippen molar-refractivity contribution in [1.29, 1.82) is 0 Å². The molecule has 9 nitrogen and oxygen atoms in total. The fraction of sp³-hybridized carbons (Fsp3) is 0.500. The van der Waals surface area contributed by atoms with Crippen molar-refractivity contribution in [2.75, 3.05) is 26.8 Å². The van der Waals surface area contributed by atoms with Gasteiger partial charge in [-0.3, -0.25) is 9.59 Å². The van der Waals surface area contributed by atoms with Crippen molar-refractivity contribution >= 4 is 11.9 Å². The Kier molecular flexibility index (Phi) is 7.45. The number of fused-ring (bicyclic) bond motifs is 4. The molecule has 1 fully saturated rings. The molecule has 2 aliphatic rings. The summed E-state index contributed by atoms with van der Waals surface area (Å²) in [6.07, 6.45) is 1.55. The van der Waals surface area contributed by atoms with Crippen molar-refractivity contribution < 1.29 is 19.4 Å². The largest absolute Gasteiger partial charge is 0.497 e. The van der Waals surface area contributed by atoms with Gasteiger partial charge in [0, 0.05) is 43.4 Å². The van der Waals surface area contributed by atoms with Crippen LogP contribution in [0, 0.1) is 11.8 Å². The summed E-state index contributed by atoms with van der Waals surface area (Å²) in [7, 11) is 1.58. The first kappa shape index (κ1) is 24.8. The fourth-order valence-corrected chi connectivity index (χ4v) is 5.38. The summed E-state index contributed by atoms with van der Waals surface area (Å²) in [5.41, 5.74) is 1.67. The number of hydrogen-bond acceptors (Lipinski definition) is 5. The molecule has 188 valence electrons. The highest BCUT2D eigenvalue weighted by molar-refractivity contribution is 5.84. The van der Waals surface area contributed by atoms with Crippen LogP contribution in [0.1, 0.15) is 38.4 Å². The van der Waals surface area contributed by atoms with E-state index in [9.17, 15) is 19.5 Å². The highest BCUT2D eigenvalue weighted by Crippen LogP contribution is 2.48. The van der Waals surface area contributed by atoms with E-state index in [0.29, 0.717) is 30.1 Å². The number of aromatic nitrogens is 1. The molecule has 2 aliphatic heterocycles. The van der Waals surface area contributed by atoms with Gasteiger partial charge in [0.05, 0.1) is 25.1 Å². The standard InChI is InChI=1S/C26H34N4O5/c1-4-11-27-24(32)22-19(15-31)21-14-29-20(23(22)30(21)26(34)28-12-5-2)10-9-18(25(29)33)16-7-6-8-17(13-16)35-3/h6-10,13,19,21-23,31H,4-5,11-12,14-15H2,1-3H3,(H,27,32)(H,28,34)/t19-,21-,22+,23+/m0/s1. The van der Waals surface area contributed by atoms with Crippen molar-refractivity contribution in [3.05, 3.63) is 52.4 Å². The van der Waals surface area contributed by atoms with Crippen LogP contribution in [0.3, 0.4) is 0 Å². The predicted molar refractivity (Wildman–Crippen MR) is 132 cm³/mol. The average Bonchev–Trinajstić information content (AvgIpc) is 3.12. The lowest BCUT2D eigenvalue weighted by Gasteiger charge is -2.38. The zero-order chi connectivity index (χ0) is 25.1. The lowest BCUT2D eigenvalue weighted by Crippen LogP contribution is -2.52. The molecule has 4 atom stereocenters. The fourth-order valence-electron chi connectivity index (χ4n) is 5.38. The number of ether oxygens (including phenoxy) is 1. The second kappa shape index (κ2) is 10.5. The molecule has 1 aromatic carbocycles. The number of aliphatic hydroxyl groups excluding tert-OH is 1. The van der Waals surface area contributed by atoms with Gasteiger partial charge in [-0.05, 0) is 42.7 Å². The molecule has 3 N–H and O–H groups in total. The number of rotatable bonds is 8. The molecule has 4 rings (SSSR count). The molecule has 1 saturated heterocycles. The van der Waals surface area contributed by atoms with Gasteiger partial charge in [0.15, 0.2) is 0 Å². The molecule has 0 radical (unpaired) electrons. The van der Waals surface area contributed by atoms with E-state index in [0.717, 1.165) is 18.4 Å². The van der Waals surface area contributed by atoms with Crippen LogP contribution in [-0.4, -0.2) is 59.4 Å². The van der Waals surface area contributed by atoms with Crippen LogP contribution in [-0.2, 0) is 11.3 Å². The van der Waals surface area contributed by atoms with Gasteiger partial charge in [-0.25, -0.2) is 4.79 Å². The monoisotopic (exact) mass is 482 g/mol. The van der Waals surface area contributed by atoms with Gasteiger partial charge in [-0.1, -0.05) is 26.0 Å². The van der Waals surface area contributed by atoms with Crippen molar-refractivity contribution in [2.45, 2.75) is 45.3 Å². The molecule has 0 saturated carbocycles. The molecule has 2 aromatic rings. The van der Waals surface area contributed by atoms with Crippen LogP contribution >= 0.6 is 0 Å². The number of aliphatic hydroxyl groups is 1. The third-order valence-electron chi connectivity index (χ3n) is 7.04. The van der Waals surface area contributed by atoms with Crippen LogP contribution in [0.2, 0.25) is 0 Å². The molecule has 1 aromatic heterocycles. The number of urea groups is 1. The van der Waals surface area contributed by atoms with Gasteiger partial charge in [0.1, 0.15) is 5.75 Å². The number of methoxy groups -OCH3 is 1.